The molecule has 1 aliphatic rings. The molecule has 1 saturated heterocycles. The topological polar surface area (TPSA) is 97.3 Å². The van der Waals surface area contributed by atoms with Crippen molar-refractivity contribution in [3.63, 3.8) is 0 Å². The van der Waals surface area contributed by atoms with Gasteiger partial charge < -0.3 is 10.1 Å². The van der Waals surface area contributed by atoms with Crippen molar-refractivity contribution in [3.05, 3.63) is 42.5 Å². The van der Waals surface area contributed by atoms with E-state index in [9.17, 15) is 8.42 Å². The average molecular weight is 349 g/mol. The molecule has 0 radical (unpaired) electrons. The summed E-state index contributed by atoms with van der Waals surface area (Å²) in [5, 5.41) is 3.08. The molecule has 0 unspecified atom stereocenters. The fourth-order valence-electron chi connectivity index (χ4n) is 2.46. The molecule has 9 heteroatoms. The Labute approximate surface area is 141 Å². The Kier molecular flexibility index (Phi) is 5.03. The lowest BCUT2D eigenvalue weighted by Crippen LogP contribution is -2.44. The van der Waals surface area contributed by atoms with Crippen LogP contribution in [-0.4, -0.2) is 53.2 Å². The van der Waals surface area contributed by atoms with E-state index < -0.39 is 16.1 Å². The molecule has 1 fully saturated rings. The van der Waals surface area contributed by atoms with Gasteiger partial charge in [-0.15, -0.1) is 0 Å². The molecule has 0 saturated carbocycles. The van der Waals surface area contributed by atoms with Crippen molar-refractivity contribution in [3.8, 4) is 0 Å². The Morgan fingerprint density at radius 1 is 1.25 bits per heavy atom. The van der Waals surface area contributed by atoms with Crippen LogP contribution < -0.4 is 5.32 Å². The monoisotopic (exact) mass is 349 g/mol. The number of hydrogen-bond acceptors (Lipinski definition) is 7. The lowest BCUT2D eigenvalue weighted by Gasteiger charge is -2.33. The lowest BCUT2D eigenvalue weighted by atomic mass is 10.2. The molecule has 0 aliphatic carbocycles. The number of nitrogens with zero attached hydrogens (tertiary/aromatic N) is 4. The molecule has 2 aromatic rings. The highest BCUT2D eigenvalue weighted by Crippen LogP contribution is 2.25. The van der Waals surface area contributed by atoms with Gasteiger partial charge in [0.05, 0.1) is 19.0 Å². The molecule has 1 N–H and O–H groups in total. The van der Waals surface area contributed by atoms with Crippen molar-refractivity contribution in [2.24, 2.45) is 0 Å². The van der Waals surface area contributed by atoms with E-state index >= 15 is 0 Å². The molecule has 0 aromatic carbocycles. The number of rotatable bonds is 5. The van der Waals surface area contributed by atoms with Crippen LogP contribution >= 0.6 is 0 Å². The van der Waals surface area contributed by atoms with Crippen molar-refractivity contribution in [1.82, 2.24) is 19.3 Å². The van der Waals surface area contributed by atoms with Crippen LogP contribution in [0.25, 0.3) is 0 Å². The number of hydrogen-bond donors (Lipinski definition) is 1. The summed E-state index contributed by atoms with van der Waals surface area (Å²) in [6, 6.07) is 6.69. The van der Waals surface area contributed by atoms with E-state index in [2.05, 4.69) is 20.3 Å². The number of aromatic nitrogens is 3. The number of morpholine rings is 1. The second-order valence-electron chi connectivity index (χ2n) is 5.24. The van der Waals surface area contributed by atoms with E-state index in [1.54, 1.807) is 25.4 Å². The molecule has 8 nitrogen and oxygen atoms in total. The van der Waals surface area contributed by atoms with Gasteiger partial charge in [-0.1, -0.05) is 6.07 Å². The Balaban J connectivity index is 1.86. The summed E-state index contributed by atoms with van der Waals surface area (Å²) in [4.78, 5) is 12.9. The minimum Gasteiger partial charge on any atom is -0.378 e. The van der Waals surface area contributed by atoms with Crippen molar-refractivity contribution >= 4 is 21.7 Å². The van der Waals surface area contributed by atoms with E-state index in [0.29, 0.717) is 30.6 Å². The third-order valence-electron chi connectivity index (χ3n) is 3.69. The van der Waals surface area contributed by atoms with Gasteiger partial charge >= 0.3 is 0 Å². The maximum Gasteiger partial charge on any atom is 0.214 e. The first-order valence-corrected chi connectivity index (χ1v) is 9.29. The number of pyridine rings is 1. The van der Waals surface area contributed by atoms with E-state index in [1.165, 1.54) is 4.31 Å². The predicted molar refractivity (Wildman–Crippen MR) is 89.3 cm³/mol. The second-order valence-corrected chi connectivity index (χ2v) is 7.45. The number of ether oxygens (including phenoxy) is 1. The molecule has 3 rings (SSSR count). The number of nitrogens with one attached hydrogen (secondary N) is 1. The van der Waals surface area contributed by atoms with Gasteiger partial charge in [0.1, 0.15) is 17.7 Å². The summed E-state index contributed by atoms with van der Waals surface area (Å²) >= 11 is 0. The van der Waals surface area contributed by atoms with Crippen LogP contribution in [0.5, 0.6) is 0 Å². The molecule has 24 heavy (non-hydrogen) atoms. The molecular weight excluding hydrogens is 330 g/mol. The highest BCUT2D eigenvalue weighted by Gasteiger charge is 2.34. The normalized spacial score (nSPS) is 19.1. The van der Waals surface area contributed by atoms with Crippen molar-refractivity contribution in [1.29, 1.82) is 0 Å². The van der Waals surface area contributed by atoms with Gasteiger partial charge in [0.15, 0.2) is 5.82 Å². The highest BCUT2D eigenvalue weighted by atomic mass is 32.2. The standard InChI is InChI=1S/C15H19N5O3S/c1-2-24(21,22)20-9-10-23-11-12(20)15-17-8-6-14(19-15)18-13-5-3-4-7-16-13/h3-8,12H,2,9-11H2,1H3,(H,16,17,18,19)/t12-/m0/s1. The summed E-state index contributed by atoms with van der Waals surface area (Å²) in [5.74, 6) is 1.65. The Hall–Kier alpha value is -2.10. The SMILES string of the molecule is CCS(=O)(=O)N1CCOC[C@H]1c1nccc(Nc2ccccn2)n1. The Bertz CT molecular complexity index is 785. The molecule has 2 aromatic heterocycles. The van der Waals surface area contributed by atoms with Crippen LogP contribution in [0.2, 0.25) is 0 Å². The predicted octanol–water partition coefficient (Wildman–Crippen LogP) is 1.34. The number of sulfonamides is 1. The summed E-state index contributed by atoms with van der Waals surface area (Å²) < 4.78 is 31.5. The summed E-state index contributed by atoms with van der Waals surface area (Å²) in [7, 11) is -3.35. The van der Waals surface area contributed by atoms with Gasteiger partial charge in [-0.25, -0.2) is 23.4 Å². The highest BCUT2D eigenvalue weighted by molar-refractivity contribution is 7.89. The Morgan fingerprint density at radius 3 is 2.88 bits per heavy atom. The largest absolute Gasteiger partial charge is 0.378 e. The summed E-state index contributed by atoms with van der Waals surface area (Å²) in [6.07, 6.45) is 3.27. The summed E-state index contributed by atoms with van der Waals surface area (Å²) in [6.45, 7) is 2.55. The fraction of sp³-hybridized carbons (Fsp3) is 0.400. The van der Waals surface area contributed by atoms with Crippen molar-refractivity contribution < 1.29 is 13.2 Å². The molecule has 0 bridgehead atoms. The Morgan fingerprint density at radius 2 is 2.12 bits per heavy atom. The molecule has 128 valence electrons. The zero-order valence-electron chi connectivity index (χ0n) is 13.3. The molecule has 1 aliphatic heterocycles. The smallest absolute Gasteiger partial charge is 0.214 e. The third-order valence-corrected chi connectivity index (χ3v) is 5.58. The van der Waals surface area contributed by atoms with Gasteiger partial charge in [-0.3, -0.25) is 0 Å². The quantitative estimate of drug-likeness (QED) is 0.870. The van der Waals surface area contributed by atoms with Crippen LogP contribution in [-0.2, 0) is 14.8 Å². The van der Waals surface area contributed by atoms with Crippen molar-refractivity contribution in [2.75, 3.05) is 30.8 Å². The van der Waals surface area contributed by atoms with Gasteiger partial charge in [-0.2, -0.15) is 4.31 Å². The summed E-state index contributed by atoms with van der Waals surface area (Å²) in [5.41, 5.74) is 0. The first-order chi connectivity index (χ1) is 11.6. The van der Waals surface area contributed by atoms with E-state index in [0.717, 1.165) is 0 Å². The van der Waals surface area contributed by atoms with Gasteiger partial charge in [0.2, 0.25) is 10.0 Å². The van der Waals surface area contributed by atoms with E-state index in [1.807, 2.05) is 18.2 Å². The van der Waals surface area contributed by atoms with E-state index in [-0.39, 0.29) is 12.4 Å². The zero-order valence-corrected chi connectivity index (χ0v) is 14.1. The van der Waals surface area contributed by atoms with E-state index in [4.69, 9.17) is 4.74 Å². The van der Waals surface area contributed by atoms with Crippen LogP contribution in [0.15, 0.2) is 36.7 Å². The molecule has 0 amide bonds. The minimum absolute atomic E-state index is 0.0371. The average Bonchev–Trinajstić information content (AvgIpc) is 2.63. The van der Waals surface area contributed by atoms with Gasteiger partial charge in [0, 0.05) is 18.9 Å². The zero-order chi connectivity index (χ0) is 17.0. The second kappa shape index (κ2) is 7.20. The molecule has 1 atom stereocenters. The first-order valence-electron chi connectivity index (χ1n) is 7.68. The number of anilines is 2. The van der Waals surface area contributed by atoms with Crippen LogP contribution in [0.4, 0.5) is 11.6 Å². The molecule has 0 spiro atoms. The fourth-order valence-corrected chi connectivity index (χ4v) is 3.69. The maximum absolute atomic E-state index is 12.3. The van der Waals surface area contributed by atoms with Gasteiger partial charge in [0.25, 0.3) is 0 Å². The first kappa shape index (κ1) is 16.7. The van der Waals surface area contributed by atoms with Crippen LogP contribution in [0, 0.1) is 0 Å². The van der Waals surface area contributed by atoms with Crippen molar-refractivity contribution in [2.45, 2.75) is 13.0 Å². The van der Waals surface area contributed by atoms with Crippen LogP contribution in [0.1, 0.15) is 18.8 Å². The van der Waals surface area contributed by atoms with Gasteiger partial charge in [-0.05, 0) is 25.1 Å². The third kappa shape index (κ3) is 3.69. The minimum atomic E-state index is -3.35. The lowest BCUT2D eigenvalue weighted by molar-refractivity contribution is 0.0291. The molecule has 3 heterocycles. The maximum atomic E-state index is 12.3. The molecular formula is C15H19N5O3S. The van der Waals surface area contributed by atoms with Crippen LogP contribution in [0.3, 0.4) is 0 Å².